The van der Waals surface area contributed by atoms with Gasteiger partial charge >= 0.3 is 0 Å². The van der Waals surface area contributed by atoms with Crippen LogP contribution in [0, 0.1) is 0 Å². The van der Waals surface area contributed by atoms with Gasteiger partial charge in [0.05, 0.1) is 25.5 Å². The Morgan fingerprint density at radius 3 is 2.70 bits per heavy atom. The molecule has 1 aromatic rings. The number of carboxylic acids is 1. The average Bonchev–Trinajstić information content (AvgIpc) is 2.62. The molecule has 1 amide bonds. The summed E-state index contributed by atoms with van der Waals surface area (Å²) >= 11 is 5.13. The van der Waals surface area contributed by atoms with Crippen LogP contribution in [0.5, 0.6) is 0 Å². The number of benzene rings is 1. The summed E-state index contributed by atoms with van der Waals surface area (Å²) in [7, 11) is 1.58. The fourth-order valence-electron chi connectivity index (χ4n) is 2.24. The number of anilines is 2. The van der Waals surface area contributed by atoms with Gasteiger partial charge in [-0.05, 0) is 30.4 Å². The lowest BCUT2D eigenvalue weighted by Gasteiger charge is -2.16. The highest BCUT2D eigenvalue weighted by Crippen LogP contribution is 2.15. The summed E-state index contributed by atoms with van der Waals surface area (Å²) in [4.78, 5) is 23.4. The number of carbonyl (C=O) groups is 2. The van der Waals surface area contributed by atoms with Crippen molar-refractivity contribution in [3.05, 3.63) is 36.9 Å². The van der Waals surface area contributed by atoms with E-state index in [2.05, 4.69) is 22.5 Å². The molecule has 27 heavy (non-hydrogen) atoms. The van der Waals surface area contributed by atoms with Gasteiger partial charge in [-0.2, -0.15) is 0 Å². The predicted octanol–water partition coefficient (Wildman–Crippen LogP) is -0.794. The molecule has 0 aliphatic heterocycles. The molecular formula is C18H26N4O4S. The van der Waals surface area contributed by atoms with Crippen molar-refractivity contribution in [2.24, 2.45) is 0 Å². The van der Waals surface area contributed by atoms with Crippen molar-refractivity contribution in [3.63, 3.8) is 0 Å². The van der Waals surface area contributed by atoms with E-state index in [0.717, 1.165) is 0 Å². The number of hydrogen-bond donors (Lipinski definition) is 4. The van der Waals surface area contributed by atoms with E-state index < -0.39 is 17.9 Å². The quantitative estimate of drug-likeness (QED) is 0.208. The molecule has 148 valence electrons. The van der Waals surface area contributed by atoms with Crippen LogP contribution in [0.1, 0.15) is 12.8 Å². The summed E-state index contributed by atoms with van der Waals surface area (Å²) in [6, 6.07) is 6.01. The normalized spacial score (nSPS) is 11.3. The molecule has 0 bridgehead atoms. The topological polar surface area (TPSA) is 119 Å². The molecule has 0 aromatic heterocycles. The maximum Gasteiger partial charge on any atom is 0.230 e. The first kappa shape index (κ1) is 22.6. The molecule has 5 N–H and O–H groups in total. The van der Waals surface area contributed by atoms with Crippen molar-refractivity contribution in [2.45, 2.75) is 18.9 Å². The molecule has 0 aliphatic carbocycles. The number of rotatable bonds is 12. The number of thiocarbonyl (C=S) groups is 1. The largest absolute Gasteiger partial charge is 0.544 e. The van der Waals surface area contributed by atoms with Crippen molar-refractivity contribution in [1.82, 2.24) is 5.32 Å². The molecule has 8 nitrogen and oxygen atoms in total. The Bertz CT molecular complexity index is 654. The summed E-state index contributed by atoms with van der Waals surface area (Å²) in [5.41, 5.74) is 1.23. The SMILES string of the molecule is C=CCNC(=S)Nc1cccc(NC(=O)C[C@H]([NH2+]CCCOC)C(=O)[O-])c1. The van der Waals surface area contributed by atoms with Gasteiger partial charge in [-0.15, -0.1) is 6.58 Å². The zero-order valence-corrected chi connectivity index (χ0v) is 16.1. The second-order valence-electron chi connectivity index (χ2n) is 5.75. The van der Waals surface area contributed by atoms with E-state index in [9.17, 15) is 14.7 Å². The first-order valence-electron chi connectivity index (χ1n) is 8.55. The van der Waals surface area contributed by atoms with Crippen molar-refractivity contribution in [1.29, 1.82) is 0 Å². The van der Waals surface area contributed by atoms with Crippen LogP contribution in [-0.4, -0.2) is 49.8 Å². The molecule has 1 aromatic carbocycles. The van der Waals surface area contributed by atoms with E-state index in [1.54, 1.807) is 42.8 Å². The summed E-state index contributed by atoms with van der Waals surface area (Å²) in [5, 5.41) is 21.8. The molecule has 0 aliphatic rings. The fourth-order valence-corrected chi connectivity index (χ4v) is 2.44. The zero-order chi connectivity index (χ0) is 20.1. The smallest absolute Gasteiger partial charge is 0.230 e. The lowest BCUT2D eigenvalue weighted by molar-refractivity contribution is -0.682. The summed E-state index contributed by atoms with van der Waals surface area (Å²) in [6.07, 6.45) is 2.19. The highest BCUT2D eigenvalue weighted by molar-refractivity contribution is 7.80. The molecule has 0 unspecified atom stereocenters. The van der Waals surface area contributed by atoms with E-state index in [-0.39, 0.29) is 6.42 Å². The number of ether oxygens (including phenoxy) is 1. The molecule has 0 radical (unpaired) electrons. The number of quaternary nitrogens is 1. The van der Waals surface area contributed by atoms with Gasteiger partial charge in [-0.1, -0.05) is 12.1 Å². The Labute approximate surface area is 164 Å². The lowest BCUT2D eigenvalue weighted by Crippen LogP contribution is -2.93. The van der Waals surface area contributed by atoms with Crippen LogP contribution >= 0.6 is 12.2 Å². The van der Waals surface area contributed by atoms with Crippen LogP contribution in [0.25, 0.3) is 0 Å². The molecule has 9 heteroatoms. The maximum absolute atomic E-state index is 12.2. The highest BCUT2D eigenvalue weighted by atomic mass is 32.1. The second-order valence-corrected chi connectivity index (χ2v) is 6.16. The summed E-state index contributed by atoms with van der Waals surface area (Å²) in [5.74, 6) is -1.67. The summed E-state index contributed by atoms with van der Waals surface area (Å²) < 4.78 is 4.92. The van der Waals surface area contributed by atoms with E-state index in [0.29, 0.717) is 42.6 Å². The lowest BCUT2D eigenvalue weighted by atomic mass is 10.2. The number of amides is 1. The van der Waals surface area contributed by atoms with Crippen LogP contribution < -0.4 is 26.4 Å². The maximum atomic E-state index is 12.2. The number of nitrogens with one attached hydrogen (secondary N) is 3. The number of carboxylic acid groups (broad SMARTS) is 1. The van der Waals surface area contributed by atoms with Crippen LogP contribution in [0.2, 0.25) is 0 Å². The van der Waals surface area contributed by atoms with E-state index in [1.165, 1.54) is 0 Å². The fraction of sp³-hybridized carbons (Fsp3) is 0.389. The number of methoxy groups -OCH3 is 1. The van der Waals surface area contributed by atoms with Crippen molar-refractivity contribution >= 4 is 40.6 Å². The third-order valence-electron chi connectivity index (χ3n) is 3.52. The number of hydrogen-bond acceptors (Lipinski definition) is 5. The molecule has 0 spiro atoms. The number of nitrogens with two attached hydrogens (primary N) is 1. The van der Waals surface area contributed by atoms with Crippen molar-refractivity contribution in [2.75, 3.05) is 37.4 Å². The third kappa shape index (κ3) is 9.69. The van der Waals surface area contributed by atoms with E-state index >= 15 is 0 Å². The van der Waals surface area contributed by atoms with Gasteiger partial charge in [0.1, 0.15) is 6.04 Å². The van der Waals surface area contributed by atoms with Gasteiger partial charge in [-0.3, -0.25) is 4.79 Å². The minimum atomic E-state index is -1.27. The monoisotopic (exact) mass is 394 g/mol. The van der Waals surface area contributed by atoms with Gasteiger partial charge < -0.3 is 35.9 Å². The minimum absolute atomic E-state index is 0.188. The molecule has 1 atom stereocenters. The highest BCUT2D eigenvalue weighted by Gasteiger charge is 2.18. The standard InChI is InChI=1S/C18H26N4O4S/c1-3-8-20-18(27)22-14-7-4-6-13(11-14)21-16(23)12-15(17(24)25)19-9-5-10-26-2/h3-4,6-7,11,15,19H,1,5,8-10,12H2,2H3,(H,21,23)(H,24,25)(H2,20,22,27)/t15-/m0/s1. The van der Waals surface area contributed by atoms with Crippen LogP contribution in [0.3, 0.4) is 0 Å². The van der Waals surface area contributed by atoms with Crippen molar-refractivity contribution in [3.8, 4) is 0 Å². The number of carbonyl (C=O) groups excluding carboxylic acids is 2. The van der Waals surface area contributed by atoms with E-state index in [1.807, 2.05) is 0 Å². The first-order valence-corrected chi connectivity index (χ1v) is 8.96. The second kappa shape index (κ2) is 12.8. The molecular weight excluding hydrogens is 368 g/mol. The van der Waals surface area contributed by atoms with Crippen LogP contribution in [-0.2, 0) is 14.3 Å². The van der Waals surface area contributed by atoms with Gasteiger partial charge in [0.2, 0.25) is 5.91 Å². The zero-order valence-electron chi connectivity index (χ0n) is 15.3. The Kier molecular flexibility index (Phi) is 10.7. The minimum Gasteiger partial charge on any atom is -0.544 e. The number of aliphatic carboxylic acids is 1. The molecule has 0 saturated carbocycles. The van der Waals surface area contributed by atoms with Crippen LogP contribution in [0.15, 0.2) is 36.9 Å². The Morgan fingerprint density at radius 2 is 2.07 bits per heavy atom. The van der Waals surface area contributed by atoms with Gasteiger partial charge in [0.25, 0.3) is 0 Å². The van der Waals surface area contributed by atoms with Gasteiger partial charge in [0, 0.05) is 31.5 Å². The first-order chi connectivity index (χ1) is 13.0. The Morgan fingerprint density at radius 1 is 1.37 bits per heavy atom. The van der Waals surface area contributed by atoms with Crippen LogP contribution in [0.4, 0.5) is 11.4 Å². The summed E-state index contributed by atoms with van der Waals surface area (Å²) in [6.45, 7) is 5.20. The van der Waals surface area contributed by atoms with Crippen molar-refractivity contribution < 1.29 is 24.7 Å². The molecule has 0 heterocycles. The molecule has 0 fully saturated rings. The Hall–Kier alpha value is -2.49. The predicted molar refractivity (Wildman–Crippen MR) is 106 cm³/mol. The molecule has 0 saturated heterocycles. The average molecular weight is 394 g/mol. The van der Waals surface area contributed by atoms with Gasteiger partial charge in [-0.25, -0.2) is 0 Å². The molecule has 1 rings (SSSR count). The van der Waals surface area contributed by atoms with Gasteiger partial charge in [0.15, 0.2) is 5.11 Å². The third-order valence-corrected chi connectivity index (χ3v) is 3.77. The Balaban J connectivity index is 2.56. The van der Waals surface area contributed by atoms with E-state index in [4.69, 9.17) is 17.0 Å².